The lowest BCUT2D eigenvalue weighted by molar-refractivity contribution is -0.122. The van der Waals surface area contributed by atoms with Gasteiger partial charge < -0.3 is 14.8 Å². The van der Waals surface area contributed by atoms with Crippen LogP contribution in [0.25, 0.3) is 0 Å². The highest BCUT2D eigenvalue weighted by Crippen LogP contribution is 2.25. The van der Waals surface area contributed by atoms with Crippen LogP contribution >= 0.6 is 11.6 Å². The first-order valence-electron chi connectivity index (χ1n) is 7.45. The van der Waals surface area contributed by atoms with Crippen LogP contribution in [0.2, 0.25) is 5.02 Å². The van der Waals surface area contributed by atoms with Gasteiger partial charge in [-0.15, -0.1) is 0 Å². The van der Waals surface area contributed by atoms with E-state index in [1.165, 1.54) is 7.11 Å². The van der Waals surface area contributed by atoms with Crippen molar-refractivity contribution in [2.45, 2.75) is 19.4 Å². The monoisotopic (exact) mass is 347 g/mol. The molecule has 0 aliphatic rings. The first-order valence-corrected chi connectivity index (χ1v) is 7.83. The lowest BCUT2D eigenvalue weighted by Gasteiger charge is -2.18. The number of carbonyl (C=O) groups is 2. The summed E-state index contributed by atoms with van der Waals surface area (Å²) in [7, 11) is 1.30. The maximum Gasteiger partial charge on any atom is 0.337 e. The number of amides is 1. The third kappa shape index (κ3) is 4.49. The lowest BCUT2D eigenvalue weighted by atomic mass is 10.2. The van der Waals surface area contributed by atoms with E-state index in [-0.39, 0.29) is 5.91 Å². The number of hydrogen-bond acceptors (Lipinski definition) is 4. The van der Waals surface area contributed by atoms with E-state index in [2.05, 4.69) is 10.1 Å². The number of hydrogen-bond donors (Lipinski definition) is 1. The van der Waals surface area contributed by atoms with Crippen molar-refractivity contribution in [3.63, 3.8) is 0 Å². The number of halogens is 1. The van der Waals surface area contributed by atoms with E-state index in [0.29, 0.717) is 28.4 Å². The first kappa shape index (κ1) is 17.8. The van der Waals surface area contributed by atoms with Crippen LogP contribution in [0.3, 0.4) is 0 Å². The van der Waals surface area contributed by atoms with Crippen LogP contribution in [0.15, 0.2) is 48.5 Å². The molecule has 0 heterocycles. The van der Waals surface area contributed by atoms with Crippen molar-refractivity contribution in [3.05, 3.63) is 59.1 Å². The highest BCUT2D eigenvalue weighted by atomic mass is 35.5. The number of anilines is 1. The molecule has 0 saturated carbocycles. The van der Waals surface area contributed by atoms with Crippen LogP contribution in [0, 0.1) is 0 Å². The van der Waals surface area contributed by atoms with Gasteiger partial charge in [0.15, 0.2) is 6.10 Å². The molecule has 0 aliphatic carbocycles. The highest BCUT2D eigenvalue weighted by Gasteiger charge is 2.20. The van der Waals surface area contributed by atoms with E-state index in [9.17, 15) is 9.59 Å². The van der Waals surface area contributed by atoms with Crippen molar-refractivity contribution in [1.29, 1.82) is 0 Å². The summed E-state index contributed by atoms with van der Waals surface area (Å²) in [6, 6.07) is 13.5. The molecule has 5 nitrogen and oxygen atoms in total. The first-order chi connectivity index (χ1) is 11.5. The Morgan fingerprint density at radius 1 is 1.17 bits per heavy atom. The Morgan fingerprint density at radius 2 is 1.92 bits per heavy atom. The molecule has 0 aliphatic heterocycles. The summed E-state index contributed by atoms with van der Waals surface area (Å²) in [5.74, 6) is -0.339. The smallest absolute Gasteiger partial charge is 0.337 e. The van der Waals surface area contributed by atoms with Crippen molar-refractivity contribution < 1.29 is 19.1 Å². The molecule has 0 saturated heterocycles. The minimum atomic E-state index is -0.702. The standard InChI is InChI=1S/C18H18ClNO4/c1-3-15(24-16-10-5-4-9-14(16)19)17(21)20-13-8-6-7-12(11-13)18(22)23-2/h4-11,15H,3H2,1-2H3,(H,20,21)/t15-/m0/s1. The molecule has 0 unspecified atom stereocenters. The van der Waals surface area contributed by atoms with E-state index in [4.69, 9.17) is 16.3 Å². The Hall–Kier alpha value is -2.53. The second-order valence-electron chi connectivity index (χ2n) is 5.01. The Bertz CT molecular complexity index is 732. The van der Waals surface area contributed by atoms with Gasteiger partial charge in [-0.25, -0.2) is 4.79 Å². The number of carbonyl (C=O) groups excluding carboxylic acids is 2. The zero-order chi connectivity index (χ0) is 17.5. The summed E-state index contributed by atoms with van der Waals surface area (Å²) in [4.78, 5) is 24.0. The van der Waals surface area contributed by atoms with E-state index in [1.807, 2.05) is 6.92 Å². The van der Waals surface area contributed by atoms with Crippen LogP contribution in [0.5, 0.6) is 5.75 Å². The number of rotatable bonds is 6. The van der Waals surface area contributed by atoms with Gasteiger partial charge in [-0.2, -0.15) is 0 Å². The molecular formula is C18H18ClNO4. The van der Waals surface area contributed by atoms with Crippen molar-refractivity contribution in [3.8, 4) is 5.75 Å². The lowest BCUT2D eigenvalue weighted by Crippen LogP contribution is -2.32. The highest BCUT2D eigenvalue weighted by molar-refractivity contribution is 6.32. The summed E-state index contributed by atoms with van der Waals surface area (Å²) in [6.07, 6.45) is -0.236. The van der Waals surface area contributed by atoms with Gasteiger partial charge in [0.1, 0.15) is 5.75 Å². The predicted molar refractivity (Wildman–Crippen MR) is 92.6 cm³/mol. The van der Waals surface area contributed by atoms with Crippen LogP contribution in [-0.2, 0) is 9.53 Å². The third-order valence-corrected chi connectivity index (χ3v) is 3.63. The van der Waals surface area contributed by atoms with E-state index in [0.717, 1.165) is 0 Å². The van der Waals surface area contributed by atoms with Gasteiger partial charge in [0, 0.05) is 5.69 Å². The molecule has 6 heteroatoms. The number of para-hydroxylation sites is 1. The van der Waals surface area contributed by atoms with Gasteiger partial charge in [-0.05, 0) is 36.8 Å². The number of methoxy groups -OCH3 is 1. The summed E-state index contributed by atoms with van der Waals surface area (Å²) < 4.78 is 10.4. The Balaban J connectivity index is 2.09. The molecule has 0 bridgehead atoms. The Morgan fingerprint density at radius 3 is 2.58 bits per heavy atom. The molecule has 126 valence electrons. The van der Waals surface area contributed by atoms with Gasteiger partial charge in [0.25, 0.3) is 5.91 Å². The molecule has 0 radical (unpaired) electrons. The van der Waals surface area contributed by atoms with Crippen molar-refractivity contribution in [2.24, 2.45) is 0 Å². The molecule has 0 spiro atoms. The van der Waals surface area contributed by atoms with Crippen molar-refractivity contribution >= 4 is 29.2 Å². The quantitative estimate of drug-likeness (QED) is 0.804. The van der Waals surface area contributed by atoms with Crippen molar-refractivity contribution in [2.75, 3.05) is 12.4 Å². The van der Waals surface area contributed by atoms with Gasteiger partial charge >= 0.3 is 5.97 Å². The Labute approximate surface area is 145 Å². The van der Waals surface area contributed by atoms with Gasteiger partial charge in [0.2, 0.25) is 0 Å². The molecule has 2 aromatic carbocycles. The zero-order valence-electron chi connectivity index (χ0n) is 13.4. The SMILES string of the molecule is CC[C@H](Oc1ccccc1Cl)C(=O)Nc1cccc(C(=O)OC)c1. The van der Waals surface area contributed by atoms with E-state index >= 15 is 0 Å². The molecule has 2 rings (SSSR count). The molecule has 24 heavy (non-hydrogen) atoms. The van der Waals surface area contributed by atoms with Crippen LogP contribution < -0.4 is 10.1 Å². The van der Waals surface area contributed by atoms with Gasteiger partial charge in [-0.1, -0.05) is 36.7 Å². The summed E-state index contributed by atoms with van der Waals surface area (Å²) in [5, 5.41) is 3.18. The minimum Gasteiger partial charge on any atom is -0.479 e. The second-order valence-corrected chi connectivity index (χ2v) is 5.41. The van der Waals surface area contributed by atoms with Gasteiger partial charge in [0.05, 0.1) is 17.7 Å². The fourth-order valence-electron chi connectivity index (χ4n) is 2.08. The fourth-order valence-corrected chi connectivity index (χ4v) is 2.26. The summed E-state index contributed by atoms with van der Waals surface area (Å²) in [5.41, 5.74) is 0.847. The molecular weight excluding hydrogens is 330 g/mol. The summed E-state index contributed by atoms with van der Waals surface area (Å²) >= 11 is 6.05. The van der Waals surface area contributed by atoms with Gasteiger partial charge in [-0.3, -0.25) is 4.79 Å². The molecule has 0 fully saturated rings. The average molecular weight is 348 g/mol. The van der Waals surface area contributed by atoms with Crippen LogP contribution in [-0.4, -0.2) is 25.1 Å². The largest absolute Gasteiger partial charge is 0.479 e. The Kier molecular flexibility index (Phi) is 6.21. The molecule has 1 atom stereocenters. The maximum atomic E-state index is 12.4. The number of esters is 1. The fraction of sp³-hybridized carbons (Fsp3) is 0.222. The maximum absolute atomic E-state index is 12.4. The second kappa shape index (κ2) is 8.36. The summed E-state index contributed by atoms with van der Waals surface area (Å²) in [6.45, 7) is 1.84. The number of ether oxygens (including phenoxy) is 2. The number of nitrogens with one attached hydrogen (secondary N) is 1. The number of benzene rings is 2. The molecule has 1 N–H and O–H groups in total. The minimum absolute atomic E-state index is 0.320. The molecule has 2 aromatic rings. The topological polar surface area (TPSA) is 64.6 Å². The molecule has 0 aromatic heterocycles. The zero-order valence-corrected chi connectivity index (χ0v) is 14.2. The van der Waals surface area contributed by atoms with E-state index < -0.39 is 12.1 Å². The van der Waals surface area contributed by atoms with Crippen molar-refractivity contribution in [1.82, 2.24) is 0 Å². The normalized spacial score (nSPS) is 11.5. The average Bonchev–Trinajstić information content (AvgIpc) is 2.60. The van der Waals surface area contributed by atoms with Crippen LogP contribution in [0.4, 0.5) is 5.69 Å². The van der Waals surface area contributed by atoms with E-state index in [1.54, 1.807) is 48.5 Å². The molecule has 1 amide bonds. The van der Waals surface area contributed by atoms with Crippen LogP contribution in [0.1, 0.15) is 23.7 Å². The predicted octanol–water partition coefficient (Wildman–Crippen LogP) is 3.92. The third-order valence-electron chi connectivity index (χ3n) is 3.32.